The number of nitrogens with one attached hydrogen (secondary N) is 1. The molecular weight excluding hydrogens is 493 g/mol. The van der Waals surface area contributed by atoms with Crippen LogP contribution in [0.2, 0.25) is 10.0 Å². The number of carbonyl (C=O) groups excluding carboxylic acids is 1. The molecule has 0 radical (unpaired) electrons. The number of para-hydroxylation sites is 1. The molecule has 0 spiro atoms. The second-order valence-electron chi connectivity index (χ2n) is 8.94. The van der Waals surface area contributed by atoms with E-state index in [0.29, 0.717) is 35.4 Å². The zero-order valence-electron chi connectivity index (χ0n) is 19.8. The third-order valence-electron chi connectivity index (χ3n) is 6.54. The lowest BCUT2D eigenvalue weighted by atomic mass is 9.95. The zero-order valence-corrected chi connectivity index (χ0v) is 21.4. The fourth-order valence-corrected chi connectivity index (χ4v) is 5.20. The second kappa shape index (κ2) is 11.2. The Kier molecular flexibility index (Phi) is 7.59. The van der Waals surface area contributed by atoms with Crippen molar-refractivity contribution < 1.29 is 9.53 Å². The predicted molar refractivity (Wildman–Crippen MR) is 146 cm³/mol. The van der Waals surface area contributed by atoms with E-state index in [0.717, 1.165) is 24.0 Å². The smallest absolute Gasteiger partial charge is 0.241 e. The summed E-state index contributed by atoms with van der Waals surface area (Å²) in [6.07, 6.45) is 6.65. The molecule has 1 aliphatic rings. The minimum Gasteiger partial charge on any atom is -0.489 e. The number of fused-ring (bicyclic) bond motifs is 3. The van der Waals surface area contributed by atoms with Gasteiger partial charge in [0.15, 0.2) is 0 Å². The highest BCUT2D eigenvalue weighted by molar-refractivity contribution is 6.35. The average molecular weight is 520 g/mol. The zero-order chi connectivity index (χ0) is 24.9. The van der Waals surface area contributed by atoms with E-state index in [-0.39, 0.29) is 5.91 Å². The van der Waals surface area contributed by atoms with E-state index in [4.69, 9.17) is 27.9 Å². The Balaban J connectivity index is 1.13. The van der Waals surface area contributed by atoms with Crippen LogP contribution in [0.25, 0.3) is 10.9 Å². The number of ether oxygens (including phenoxy) is 1. The lowest BCUT2D eigenvalue weighted by Gasteiger charge is -2.15. The van der Waals surface area contributed by atoms with Gasteiger partial charge in [-0.05, 0) is 79.3 Å². The largest absolute Gasteiger partial charge is 0.489 e. The first-order valence-corrected chi connectivity index (χ1v) is 12.9. The minimum absolute atomic E-state index is 0.103. The first kappa shape index (κ1) is 24.4. The maximum Gasteiger partial charge on any atom is 0.241 e. The summed E-state index contributed by atoms with van der Waals surface area (Å²) < 4.78 is 8.13. The summed E-state index contributed by atoms with van der Waals surface area (Å²) in [6.45, 7) is 1.00. The fourth-order valence-electron chi connectivity index (χ4n) is 4.74. The number of rotatable bonds is 8. The Morgan fingerprint density at radius 3 is 2.67 bits per heavy atom. The molecule has 1 N–H and O–H groups in total. The molecule has 0 aliphatic heterocycles. The number of nitrogens with zero attached hydrogens (tertiary/aromatic N) is 2. The molecule has 36 heavy (non-hydrogen) atoms. The SMILES string of the molecule is O=C(CCn1c2c(c3ccccc31)CCCC2)N/N=C/c1ccc(OCc2ccc(Cl)cc2Cl)cc1. The van der Waals surface area contributed by atoms with E-state index in [1.165, 1.54) is 35.0 Å². The van der Waals surface area contributed by atoms with Crippen LogP contribution in [0.5, 0.6) is 5.75 Å². The van der Waals surface area contributed by atoms with Gasteiger partial charge in [-0.1, -0.05) is 47.5 Å². The highest BCUT2D eigenvalue weighted by Gasteiger charge is 2.19. The molecular formula is C29H27Cl2N3O2. The third-order valence-corrected chi connectivity index (χ3v) is 7.13. The van der Waals surface area contributed by atoms with Gasteiger partial charge in [-0.2, -0.15) is 5.10 Å². The van der Waals surface area contributed by atoms with Crippen LogP contribution < -0.4 is 10.2 Å². The molecule has 0 saturated heterocycles. The molecule has 0 bridgehead atoms. The van der Waals surface area contributed by atoms with E-state index in [1.807, 2.05) is 30.3 Å². The Morgan fingerprint density at radius 1 is 1.03 bits per heavy atom. The molecule has 7 heteroatoms. The normalized spacial score (nSPS) is 13.2. The van der Waals surface area contributed by atoms with Crippen LogP contribution in [0.15, 0.2) is 71.8 Å². The van der Waals surface area contributed by atoms with E-state index < -0.39 is 0 Å². The van der Waals surface area contributed by atoms with Crippen LogP contribution >= 0.6 is 23.2 Å². The van der Waals surface area contributed by atoms with E-state index in [1.54, 1.807) is 18.3 Å². The number of carbonyl (C=O) groups is 1. The van der Waals surface area contributed by atoms with Crippen molar-refractivity contribution in [2.24, 2.45) is 5.10 Å². The highest BCUT2D eigenvalue weighted by Crippen LogP contribution is 2.32. The summed E-state index contributed by atoms with van der Waals surface area (Å²) in [7, 11) is 0. The van der Waals surface area contributed by atoms with Gasteiger partial charge in [0.25, 0.3) is 0 Å². The number of amides is 1. The lowest BCUT2D eigenvalue weighted by Crippen LogP contribution is -2.20. The number of hydrogen-bond acceptors (Lipinski definition) is 3. The number of hydrazone groups is 1. The summed E-state index contributed by atoms with van der Waals surface area (Å²) in [5.41, 5.74) is 8.45. The molecule has 0 fully saturated rings. The van der Waals surface area contributed by atoms with Crippen LogP contribution in [-0.4, -0.2) is 16.7 Å². The fraction of sp³-hybridized carbons (Fsp3) is 0.241. The van der Waals surface area contributed by atoms with Crippen LogP contribution in [0, 0.1) is 0 Å². The van der Waals surface area contributed by atoms with Crippen molar-refractivity contribution in [3.63, 3.8) is 0 Å². The average Bonchev–Trinajstić information content (AvgIpc) is 3.21. The molecule has 184 valence electrons. The molecule has 0 saturated carbocycles. The maximum atomic E-state index is 12.5. The molecule has 3 aromatic carbocycles. The number of halogens is 2. The van der Waals surface area contributed by atoms with Gasteiger partial charge in [0.05, 0.1) is 6.21 Å². The van der Waals surface area contributed by atoms with Crippen molar-refractivity contribution in [1.29, 1.82) is 0 Å². The molecule has 5 nitrogen and oxygen atoms in total. The van der Waals surface area contributed by atoms with Crippen LogP contribution in [-0.2, 0) is 30.8 Å². The second-order valence-corrected chi connectivity index (χ2v) is 9.78. The summed E-state index contributed by atoms with van der Waals surface area (Å²) in [5.74, 6) is 0.609. The van der Waals surface area contributed by atoms with Gasteiger partial charge >= 0.3 is 0 Å². The third kappa shape index (κ3) is 5.58. The van der Waals surface area contributed by atoms with Crippen molar-refractivity contribution in [2.45, 2.75) is 45.3 Å². The van der Waals surface area contributed by atoms with E-state index >= 15 is 0 Å². The number of aryl methyl sites for hydroxylation is 2. The minimum atomic E-state index is -0.103. The molecule has 0 unspecified atom stereocenters. The molecule has 1 heterocycles. The van der Waals surface area contributed by atoms with Crippen LogP contribution in [0.1, 0.15) is 41.6 Å². The molecule has 4 aromatic rings. The molecule has 5 rings (SSSR count). The Bertz CT molecular complexity index is 1410. The first-order chi connectivity index (χ1) is 17.6. The quantitative estimate of drug-likeness (QED) is 0.202. The lowest BCUT2D eigenvalue weighted by molar-refractivity contribution is -0.121. The van der Waals surface area contributed by atoms with Gasteiger partial charge in [-0.25, -0.2) is 5.43 Å². The van der Waals surface area contributed by atoms with Crippen molar-refractivity contribution in [2.75, 3.05) is 0 Å². The van der Waals surface area contributed by atoms with Gasteiger partial charge in [-0.15, -0.1) is 0 Å². The topological polar surface area (TPSA) is 55.6 Å². The molecule has 1 amide bonds. The highest BCUT2D eigenvalue weighted by atomic mass is 35.5. The van der Waals surface area contributed by atoms with Gasteiger partial charge in [0, 0.05) is 45.2 Å². The van der Waals surface area contributed by atoms with Crippen molar-refractivity contribution in [3.05, 3.63) is 99.2 Å². The van der Waals surface area contributed by atoms with Crippen molar-refractivity contribution in [3.8, 4) is 5.75 Å². The van der Waals surface area contributed by atoms with Crippen molar-refractivity contribution in [1.82, 2.24) is 9.99 Å². The summed E-state index contributed by atoms with van der Waals surface area (Å²) in [6, 6.07) is 21.3. The number of hydrogen-bond donors (Lipinski definition) is 1. The van der Waals surface area contributed by atoms with Gasteiger partial charge in [0.2, 0.25) is 5.91 Å². The predicted octanol–water partition coefficient (Wildman–Crippen LogP) is 6.95. The van der Waals surface area contributed by atoms with Crippen LogP contribution in [0.4, 0.5) is 0 Å². The maximum absolute atomic E-state index is 12.5. The van der Waals surface area contributed by atoms with E-state index in [9.17, 15) is 4.79 Å². The van der Waals surface area contributed by atoms with Crippen molar-refractivity contribution >= 4 is 46.2 Å². The number of benzene rings is 3. The Labute approximate surface area is 220 Å². The number of aromatic nitrogens is 1. The Hall–Kier alpha value is -3.28. The van der Waals surface area contributed by atoms with Gasteiger partial charge < -0.3 is 9.30 Å². The van der Waals surface area contributed by atoms with Crippen LogP contribution in [0.3, 0.4) is 0 Å². The Morgan fingerprint density at radius 2 is 1.83 bits per heavy atom. The monoisotopic (exact) mass is 519 g/mol. The van der Waals surface area contributed by atoms with Gasteiger partial charge in [0.1, 0.15) is 12.4 Å². The molecule has 0 atom stereocenters. The summed E-state index contributed by atoms with van der Waals surface area (Å²) >= 11 is 12.1. The summed E-state index contributed by atoms with van der Waals surface area (Å²) in [4.78, 5) is 12.5. The summed E-state index contributed by atoms with van der Waals surface area (Å²) in [5, 5.41) is 6.63. The van der Waals surface area contributed by atoms with Gasteiger partial charge in [-0.3, -0.25) is 4.79 Å². The van der Waals surface area contributed by atoms with E-state index in [2.05, 4.69) is 39.4 Å². The standard InChI is InChI=1S/C29H27Cl2N3O2/c30-22-12-11-21(26(31)17-22)19-36-23-13-9-20(10-14-23)18-32-33-29(35)15-16-34-27-7-3-1-5-24(27)25-6-2-4-8-28(25)34/h1,3,5,7,9-14,17-18H,2,4,6,8,15-16,19H2,(H,33,35)/b32-18+. The first-order valence-electron chi connectivity index (χ1n) is 12.2. The molecule has 1 aliphatic carbocycles. The molecule has 1 aromatic heterocycles.